The molecule has 0 spiro atoms. The zero-order chi connectivity index (χ0) is 9.14. The minimum Gasteiger partial charge on any atom is -0.396 e. The van der Waals surface area contributed by atoms with E-state index in [1.165, 1.54) is 0 Å². The molecule has 1 atom stereocenters. The molecular weight excluding hydrogens is 284 g/mol. The van der Waals surface area contributed by atoms with Crippen LogP contribution in [0.5, 0.6) is 0 Å². The van der Waals surface area contributed by atoms with Gasteiger partial charge in [-0.25, -0.2) is 0 Å². The molecule has 1 aromatic rings. The molecule has 0 saturated carbocycles. The van der Waals surface area contributed by atoms with E-state index in [4.69, 9.17) is 5.11 Å². The van der Waals surface area contributed by atoms with Crippen LogP contribution in [-0.2, 0) is 0 Å². The van der Waals surface area contributed by atoms with E-state index in [1.807, 2.05) is 18.2 Å². The zero-order valence-corrected chi connectivity index (χ0v) is 9.60. The van der Waals surface area contributed by atoms with E-state index < -0.39 is 0 Å². The van der Waals surface area contributed by atoms with Gasteiger partial charge in [0, 0.05) is 21.5 Å². The van der Waals surface area contributed by atoms with Crippen LogP contribution < -0.4 is 0 Å². The number of aliphatic hydroxyl groups excluding tert-OH is 1. The highest BCUT2D eigenvalue weighted by Gasteiger charge is 2.09. The highest BCUT2D eigenvalue weighted by molar-refractivity contribution is 9.13. The average molecular weight is 293 g/mol. The summed E-state index contributed by atoms with van der Waals surface area (Å²) in [5.74, 6) is -0.0723. The molecule has 1 radical (unpaired) electrons. The van der Waals surface area contributed by atoms with E-state index in [1.54, 1.807) is 0 Å². The first-order valence-corrected chi connectivity index (χ1v) is 5.13. The summed E-state index contributed by atoms with van der Waals surface area (Å²) in [7, 11) is 0. The summed E-state index contributed by atoms with van der Waals surface area (Å²) >= 11 is 6.81. The van der Waals surface area contributed by atoms with Crippen LogP contribution in [0.4, 0.5) is 0 Å². The van der Waals surface area contributed by atoms with Crippen LogP contribution in [0.3, 0.4) is 0 Å². The maximum absolute atomic E-state index is 8.90. The van der Waals surface area contributed by atoms with Gasteiger partial charge < -0.3 is 5.11 Å². The topological polar surface area (TPSA) is 20.2 Å². The first kappa shape index (κ1) is 10.2. The summed E-state index contributed by atoms with van der Waals surface area (Å²) in [4.78, 5) is 0. The van der Waals surface area contributed by atoms with Crippen LogP contribution in [-0.4, -0.2) is 11.7 Å². The molecule has 1 aromatic carbocycles. The second-order valence-corrected chi connectivity index (χ2v) is 4.17. The van der Waals surface area contributed by atoms with Gasteiger partial charge >= 0.3 is 0 Å². The Morgan fingerprint density at radius 3 is 2.67 bits per heavy atom. The first-order valence-electron chi connectivity index (χ1n) is 3.54. The first-order chi connectivity index (χ1) is 5.66. The number of halogens is 2. The monoisotopic (exact) mass is 291 g/mol. The molecule has 0 heterocycles. The van der Waals surface area contributed by atoms with Crippen LogP contribution in [0.1, 0.15) is 11.5 Å². The highest BCUT2D eigenvalue weighted by Crippen LogP contribution is 2.30. The Bertz CT molecular complexity index is 273. The Morgan fingerprint density at radius 1 is 1.42 bits per heavy atom. The third kappa shape index (κ3) is 2.09. The van der Waals surface area contributed by atoms with Crippen LogP contribution >= 0.6 is 31.9 Å². The molecule has 0 amide bonds. The largest absolute Gasteiger partial charge is 0.396 e. The Labute approximate surface area is 89.1 Å². The number of rotatable bonds is 2. The Hall–Kier alpha value is 0.140. The maximum Gasteiger partial charge on any atom is 0.0500 e. The van der Waals surface area contributed by atoms with Gasteiger partial charge in [-0.2, -0.15) is 0 Å². The van der Waals surface area contributed by atoms with Crippen molar-refractivity contribution in [3.8, 4) is 0 Å². The van der Waals surface area contributed by atoms with Crippen LogP contribution in [0.25, 0.3) is 0 Å². The molecule has 1 N–H and O–H groups in total. The van der Waals surface area contributed by atoms with Crippen molar-refractivity contribution < 1.29 is 5.11 Å². The predicted molar refractivity (Wildman–Crippen MR) is 57.0 cm³/mol. The van der Waals surface area contributed by atoms with Gasteiger partial charge in [0.2, 0.25) is 0 Å². The van der Waals surface area contributed by atoms with E-state index in [-0.39, 0.29) is 12.5 Å². The van der Waals surface area contributed by atoms with E-state index >= 15 is 0 Å². The van der Waals surface area contributed by atoms with Gasteiger partial charge in [0.15, 0.2) is 0 Å². The summed E-state index contributed by atoms with van der Waals surface area (Å²) in [6, 6.07) is 5.82. The molecule has 3 heteroatoms. The van der Waals surface area contributed by atoms with Gasteiger partial charge in [-0.1, -0.05) is 12.1 Å². The van der Waals surface area contributed by atoms with Gasteiger partial charge in [0.1, 0.15) is 0 Å². The smallest absolute Gasteiger partial charge is 0.0500 e. The third-order valence-corrected chi connectivity index (χ3v) is 3.72. The van der Waals surface area contributed by atoms with Crippen molar-refractivity contribution >= 4 is 31.9 Å². The standard InChI is InChI=1S/C9H9Br2O/c1-6(5-12)7-3-2-4-8(10)9(7)11/h2-4,6,12H,1,5H2. The normalized spacial score (nSPS) is 13.0. The van der Waals surface area contributed by atoms with Crippen molar-refractivity contribution in [2.75, 3.05) is 6.61 Å². The molecule has 0 aliphatic carbocycles. The van der Waals surface area contributed by atoms with Gasteiger partial charge in [-0.3, -0.25) is 0 Å². The van der Waals surface area contributed by atoms with Crippen molar-refractivity contribution in [3.05, 3.63) is 39.6 Å². The molecule has 1 rings (SSSR count). The van der Waals surface area contributed by atoms with Gasteiger partial charge in [-0.15, -0.1) is 0 Å². The van der Waals surface area contributed by atoms with Crippen LogP contribution in [0, 0.1) is 6.92 Å². The van der Waals surface area contributed by atoms with Crippen molar-refractivity contribution in [1.82, 2.24) is 0 Å². The van der Waals surface area contributed by atoms with Gasteiger partial charge in [-0.05, 0) is 50.4 Å². The average Bonchev–Trinajstić information content (AvgIpc) is 2.08. The van der Waals surface area contributed by atoms with Crippen LogP contribution in [0.2, 0.25) is 0 Å². The molecule has 0 fully saturated rings. The molecule has 0 aromatic heterocycles. The van der Waals surface area contributed by atoms with Crippen molar-refractivity contribution in [3.63, 3.8) is 0 Å². The summed E-state index contributed by atoms with van der Waals surface area (Å²) in [5.41, 5.74) is 1.02. The lowest BCUT2D eigenvalue weighted by molar-refractivity contribution is 0.282. The molecule has 0 aliphatic heterocycles. The molecule has 0 bridgehead atoms. The highest BCUT2D eigenvalue weighted by atomic mass is 79.9. The fraction of sp³-hybridized carbons (Fsp3) is 0.222. The number of aliphatic hydroxyl groups is 1. The molecular formula is C9H9Br2O. The third-order valence-electron chi connectivity index (χ3n) is 1.64. The predicted octanol–water partition coefficient (Wildman–Crippen LogP) is 3.12. The van der Waals surface area contributed by atoms with Gasteiger partial charge in [0.05, 0.1) is 0 Å². The van der Waals surface area contributed by atoms with Gasteiger partial charge in [0.25, 0.3) is 0 Å². The van der Waals surface area contributed by atoms with E-state index in [9.17, 15) is 0 Å². The molecule has 65 valence electrons. The van der Waals surface area contributed by atoms with E-state index in [0.717, 1.165) is 14.5 Å². The quantitative estimate of drug-likeness (QED) is 0.888. The Morgan fingerprint density at radius 2 is 2.08 bits per heavy atom. The molecule has 12 heavy (non-hydrogen) atoms. The second kappa shape index (κ2) is 4.40. The molecule has 0 saturated heterocycles. The molecule has 0 aliphatic rings. The lowest BCUT2D eigenvalue weighted by atomic mass is 10.0. The minimum atomic E-state index is -0.0723. The van der Waals surface area contributed by atoms with Crippen molar-refractivity contribution in [2.45, 2.75) is 5.92 Å². The summed E-state index contributed by atoms with van der Waals surface area (Å²) in [5, 5.41) is 8.90. The fourth-order valence-electron chi connectivity index (χ4n) is 0.934. The zero-order valence-electron chi connectivity index (χ0n) is 6.43. The molecule has 1 nitrogen and oxygen atoms in total. The second-order valence-electron chi connectivity index (χ2n) is 2.52. The maximum atomic E-state index is 8.90. The number of benzene rings is 1. The Kier molecular flexibility index (Phi) is 3.75. The Balaban J connectivity index is 3.07. The minimum absolute atomic E-state index is 0.0645. The molecule has 1 unspecified atom stereocenters. The van der Waals surface area contributed by atoms with E-state index in [2.05, 4.69) is 38.8 Å². The lowest BCUT2D eigenvalue weighted by Crippen LogP contribution is -2.00. The summed E-state index contributed by atoms with van der Waals surface area (Å²) < 4.78 is 1.96. The van der Waals surface area contributed by atoms with Crippen molar-refractivity contribution in [2.24, 2.45) is 0 Å². The number of hydrogen-bond acceptors (Lipinski definition) is 1. The fourth-order valence-corrected chi connectivity index (χ4v) is 1.90. The van der Waals surface area contributed by atoms with Crippen molar-refractivity contribution in [1.29, 1.82) is 0 Å². The SMILES string of the molecule is [CH2]C(CO)c1cccc(Br)c1Br. The summed E-state index contributed by atoms with van der Waals surface area (Å²) in [6.45, 7) is 3.89. The summed E-state index contributed by atoms with van der Waals surface area (Å²) in [6.07, 6.45) is 0. The van der Waals surface area contributed by atoms with E-state index in [0.29, 0.717) is 0 Å². The van der Waals surface area contributed by atoms with Crippen LogP contribution in [0.15, 0.2) is 27.1 Å². The lowest BCUT2D eigenvalue weighted by Gasteiger charge is -2.11. The number of hydrogen-bond donors (Lipinski definition) is 1.